The van der Waals surface area contributed by atoms with Gasteiger partial charge in [-0.2, -0.15) is 0 Å². The van der Waals surface area contributed by atoms with Crippen LogP contribution in [0, 0.1) is 0 Å². The molecule has 2 aromatic carbocycles. The van der Waals surface area contributed by atoms with Crippen molar-refractivity contribution in [3.63, 3.8) is 0 Å². The summed E-state index contributed by atoms with van der Waals surface area (Å²) in [5, 5.41) is 0. The Balaban J connectivity index is 0.00000180. The number of rotatable bonds is 3. The first-order chi connectivity index (χ1) is 8.52. The fourth-order valence-corrected chi connectivity index (χ4v) is 1.76. The van der Waals surface area contributed by atoms with Crippen molar-refractivity contribution in [2.75, 3.05) is 7.11 Å². The van der Waals surface area contributed by atoms with Gasteiger partial charge < -0.3 is 17.7 Å². The van der Waals surface area contributed by atoms with Crippen LogP contribution in [0.4, 0.5) is 12.9 Å². The number of ether oxygens (including phenoxy) is 1. The first-order valence-electron chi connectivity index (χ1n) is 5.45. The molecule has 0 saturated heterocycles. The summed E-state index contributed by atoms with van der Waals surface area (Å²) in [6.45, 7) is -4.94. The fourth-order valence-electron chi connectivity index (χ4n) is 1.76. The van der Waals surface area contributed by atoms with Gasteiger partial charge >= 0.3 is 58.4 Å². The van der Waals surface area contributed by atoms with Crippen LogP contribution >= 0.6 is 0 Å². The first-order valence-corrected chi connectivity index (χ1v) is 5.45. The molecule has 0 aliphatic carbocycles. The molecule has 0 saturated carbocycles. The molecule has 0 atom stereocenters. The third kappa shape index (κ3) is 4.10. The van der Waals surface area contributed by atoms with Gasteiger partial charge in [0.1, 0.15) is 5.75 Å². The molecule has 2 rings (SSSR count). The number of hydrogen-bond acceptors (Lipinski definition) is 1. The number of halogens is 3. The van der Waals surface area contributed by atoms with Crippen molar-refractivity contribution in [3.8, 4) is 16.9 Å². The quantitative estimate of drug-likeness (QED) is 0.745. The summed E-state index contributed by atoms with van der Waals surface area (Å²) in [6.07, 6.45) is 0. The van der Waals surface area contributed by atoms with E-state index in [1.54, 1.807) is 6.07 Å². The summed E-state index contributed by atoms with van der Waals surface area (Å²) in [4.78, 5) is 0. The van der Waals surface area contributed by atoms with Gasteiger partial charge in [0.05, 0.1) is 7.11 Å². The summed E-state index contributed by atoms with van der Waals surface area (Å²) in [5.41, 5.74) is 0.895. The number of para-hydroxylation sites is 1. The smallest absolute Gasteiger partial charge is 0.496 e. The Hall–Kier alpha value is -0.269. The van der Waals surface area contributed by atoms with Gasteiger partial charge in [-0.05, 0) is 11.6 Å². The molecule has 6 heteroatoms. The van der Waals surface area contributed by atoms with Crippen molar-refractivity contribution < 1.29 is 69.1 Å². The van der Waals surface area contributed by atoms with Crippen molar-refractivity contribution in [3.05, 3.63) is 48.5 Å². The Bertz CT molecular complexity index is 540. The van der Waals surface area contributed by atoms with Crippen LogP contribution in [0.15, 0.2) is 48.5 Å². The van der Waals surface area contributed by atoms with Crippen LogP contribution in [0.2, 0.25) is 0 Å². The maximum Gasteiger partial charge on any atom is 1.00 e. The van der Waals surface area contributed by atoms with Gasteiger partial charge in [0.15, 0.2) is 0 Å². The molecule has 2 aromatic rings. The number of hydrogen-bond donors (Lipinski definition) is 0. The molecule has 0 bridgehead atoms. The van der Waals surface area contributed by atoms with Crippen LogP contribution in [0.3, 0.4) is 0 Å². The molecule has 0 spiro atoms. The zero-order valence-corrected chi connectivity index (χ0v) is 13.9. The van der Waals surface area contributed by atoms with E-state index in [-0.39, 0.29) is 51.4 Å². The van der Waals surface area contributed by atoms with Crippen LogP contribution in [0.25, 0.3) is 11.1 Å². The largest absolute Gasteiger partial charge is 1.00 e. The minimum atomic E-state index is -4.94. The molecule has 0 fully saturated rings. The maximum absolute atomic E-state index is 12.5. The van der Waals surface area contributed by atoms with E-state index in [2.05, 4.69) is 0 Å². The van der Waals surface area contributed by atoms with Crippen molar-refractivity contribution >= 4 is 12.4 Å². The summed E-state index contributed by atoms with van der Waals surface area (Å²) < 4.78 is 42.7. The number of benzene rings is 2. The molecule has 0 heterocycles. The third-order valence-corrected chi connectivity index (χ3v) is 2.71. The number of methoxy groups -OCH3 is 1. The van der Waals surface area contributed by atoms with E-state index < -0.39 is 12.4 Å². The van der Waals surface area contributed by atoms with E-state index in [1.165, 1.54) is 19.2 Å². The van der Waals surface area contributed by atoms with Crippen molar-refractivity contribution in [2.45, 2.75) is 0 Å². The molecule has 0 aliphatic rings. The van der Waals surface area contributed by atoms with Gasteiger partial charge in [-0.1, -0.05) is 42.5 Å². The van der Waals surface area contributed by atoms with E-state index in [1.807, 2.05) is 18.2 Å². The maximum atomic E-state index is 12.5. The normalized spacial score (nSPS) is 10.7. The summed E-state index contributed by atoms with van der Waals surface area (Å²) >= 11 is 0. The zero-order chi connectivity index (χ0) is 13.2. The van der Waals surface area contributed by atoms with Crippen molar-refractivity contribution in [1.29, 1.82) is 0 Å². The standard InChI is InChI=1S/C13H11BF3O.K/c1-18-13-5-3-2-4-12(13)10-6-8-11(9-7-10)14(15,16)17;/h2-9H,1H3;/q-1;+1. The van der Waals surface area contributed by atoms with E-state index in [4.69, 9.17) is 4.74 Å². The molecule has 19 heavy (non-hydrogen) atoms. The molecular formula is C13H11BF3KO. The predicted molar refractivity (Wildman–Crippen MR) is 67.1 cm³/mol. The Morgan fingerprint density at radius 2 is 1.47 bits per heavy atom. The van der Waals surface area contributed by atoms with Gasteiger partial charge in [-0.15, -0.1) is 5.46 Å². The van der Waals surface area contributed by atoms with E-state index in [9.17, 15) is 12.9 Å². The monoisotopic (exact) mass is 290 g/mol. The second kappa shape index (κ2) is 6.95. The van der Waals surface area contributed by atoms with Crippen LogP contribution in [-0.4, -0.2) is 14.1 Å². The zero-order valence-electron chi connectivity index (χ0n) is 10.7. The second-order valence-corrected chi connectivity index (χ2v) is 3.90. The molecule has 94 valence electrons. The first kappa shape index (κ1) is 16.8. The van der Waals surface area contributed by atoms with Gasteiger partial charge in [-0.25, -0.2) is 0 Å². The van der Waals surface area contributed by atoms with Crippen molar-refractivity contribution in [1.82, 2.24) is 0 Å². The predicted octanol–water partition coefficient (Wildman–Crippen LogP) is 0.421. The Kier molecular flexibility index (Phi) is 6.14. The summed E-state index contributed by atoms with van der Waals surface area (Å²) in [7, 11) is 1.53. The Morgan fingerprint density at radius 3 is 2.00 bits per heavy atom. The Labute approximate surface area is 152 Å². The molecule has 0 unspecified atom stereocenters. The van der Waals surface area contributed by atoms with E-state index >= 15 is 0 Å². The molecule has 0 amide bonds. The molecule has 0 aliphatic heterocycles. The Morgan fingerprint density at radius 1 is 0.895 bits per heavy atom. The molecular weight excluding hydrogens is 279 g/mol. The van der Waals surface area contributed by atoms with Crippen LogP contribution in [0.5, 0.6) is 5.75 Å². The summed E-state index contributed by atoms with van der Waals surface area (Å²) in [6, 6.07) is 12.3. The molecule has 0 radical (unpaired) electrons. The minimum absolute atomic E-state index is 0. The second-order valence-electron chi connectivity index (χ2n) is 3.90. The topological polar surface area (TPSA) is 9.23 Å². The van der Waals surface area contributed by atoms with E-state index in [0.29, 0.717) is 11.3 Å². The average molecular weight is 290 g/mol. The molecule has 0 N–H and O–H groups in total. The van der Waals surface area contributed by atoms with Gasteiger partial charge in [0.2, 0.25) is 0 Å². The van der Waals surface area contributed by atoms with Crippen LogP contribution in [0.1, 0.15) is 0 Å². The SMILES string of the molecule is COc1ccccc1-c1ccc([B-](F)(F)F)cc1.[K+]. The molecule has 1 nitrogen and oxygen atoms in total. The third-order valence-electron chi connectivity index (χ3n) is 2.71. The fraction of sp³-hybridized carbons (Fsp3) is 0.0769. The van der Waals surface area contributed by atoms with Crippen LogP contribution in [-0.2, 0) is 0 Å². The molecule has 0 aromatic heterocycles. The minimum Gasteiger partial charge on any atom is -0.496 e. The van der Waals surface area contributed by atoms with Gasteiger partial charge in [0.25, 0.3) is 0 Å². The van der Waals surface area contributed by atoms with E-state index in [0.717, 1.165) is 17.7 Å². The average Bonchev–Trinajstić information content (AvgIpc) is 2.38. The summed E-state index contributed by atoms with van der Waals surface area (Å²) in [5.74, 6) is 0.641. The van der Waals surface area contributed by atoms with Gasteiger partial charge in [0, 0.05) is 5.56 Å². The van der Waals surface area contributed by atoms with Crippen LogP contribution < -0.4 is 61.6 Å². The van der Waals surface area contributed by atoms with Gasteiger partial charge in [-0.3, -0.25) is 0 Å². The van der Waals surface area contributed by atoms with Crippen molar-refractivity contribution in [2.24, 2.45) is 0 Å².